The first-order chi connectivity index (χ1) is 15.9. The minimum Gasteiger partial charge on any atom is -0.507 e. The number of hydrogen-bond donors (Lipinski definition) is 2. The summed E-state index contributed by atoms with van der Waals surface area (Å²) >= 11 is 15.7. The normalized spacial score (nSPS) is 11.1. The van der Waals surface area contributed by atoms with E-state index in [1.807, 2.05) is 36.4 Å². The first-order valence-corrected chi connectivity index (χ1v) is 11.4. The molecule has 0 heterocycles. The van der Waals surface area contributed by atoms with Crippen LogP contribution in [0.4, 0.5) is 0 Å². The van der Waals surface area contributed by atoms with Gasteiger partial charge >= 0.3 is 0 Å². The van der Waals surface area contributed by atoms with E-state index in [4.69, 9.17) is 27.9 Å². The Hall–Kier alpha value is -3.06. The topological polar surface area (TPSA) is 70.9 Å². The molecule has 4 rings (SSSR count). The molecule has 8 heteroatoms. The number of halogens is 3. The number of rotatable bonds is 6. The highest BCUT2D eigenvalue weighted by Gasteiger charge is 2.12. The molecule has 5 nitrogen and oxygen atoms in total. The van der Waals surface area contributed by atoms with Gasteiger partial charge in [0.15, 0.2) is 5.75 Å². The van der Waals surface area contributed by atoms with Gasteiger partial charge in [0.1, 0.15) is 12.4 Å². The van der Waals surface area contributed by atoms with Gasteiger partial charge in [-0.05, 0) is 74.2 Å². The third kappa shape index (κ3) is 5.66. The van der Waals surface area contributed by atoms with E-state index in [0.717, 1.165) is 16.3 Å². The molecule has 0 saturated carbocycles. The number of hydrazone groups is 1. The van der Waals surface area contributed by atoms with E-state index >= 15 is 0 Å². The predicted molar refractivity (Wildman–Crippen MR) is 136 cm³/mol. The number of ether oxygens (including phenoxy) is 1. The van der Waals surface area contributed by atoms with Crippen molar-refractivity contribution in [3.05, 3.63) is 104 Å². The molecular weight excluding hydrogens is 527 g/mol. The van der Waals surface area contributed by atoms with Crippen LogP contribution in [0.3, 0.4) is 0 Å². The number of fused-ring (bicyclic) bond motifs is 1. The molecule has 0 bridgehead atoms. The van der Waals surface area contributed by atoms with E-state index in [9.17, 15) is 9.90 Å². The first kappa shape index (κ1) is 23.1. The third-order valence-electron chi connectivity index (χ3n) is 4.81. The second kappa shape index (κ2) is 10.3. The lowest BCUT2D eigenvalue weighted by atomic mass is 10.1. The molecule has 0 radical (unpaired) electrons. The summed E-state index contributed by atoms with van der Waals surface area (Å²) in [7, 11) is 0. The zero-order chi connectivity index (χ0) is 23.4. The van der Waals surface area contributed by atoms with Crippen LogP contribution in [0, 0.1) is 0 Å². The third-order valence-corrected chi connectivity index (χ3v) is 5.93. The molecule has 33 heavy (non-hydrogen) atoms. The van der Waals surface area contributed by atoms with Crippen molar-refractivity contribution < 1.29 is 14.6 Å². The average Bonchev–Trinajstić information content (AvgIpc) is 2.79. The van der Waals surface area contributed by atoms with Gasteiger partial charge in [-0.25, -0.2) is 5.43 Å². The quantitative estimate of drug-likeness (QED) is 0.204. The molecule has 1 amide bonds. The van der Waals surface area contributed by atoms with Crippen LogP contribution >= 0.6 is 39.1 Å². The molecule has 0 unspecified atom stereocenters. The molecule has 0 fully saturated rings. The van der Waals surface area contributed by atoms with Crippen LogP contribution in [-0.2, 0) is 6.61 Å². The zero-order valence-corrected chi connectivity index (χ0v) is 20.2. The summed E-state index contributed by atoms with van der Waals surface area (Å²) in [6.07, 6.45) is 1.45. The van der Waals surface area contributed by atoms with Gasteiger partial charge in [-0.3, -0.25) is 4.79 Å². The van der Waals surface area contributed by atoms with Gasteiger partial charge in [0.25, 0.3) is 5.91 Å². The predicted octanol–water partition coefficient (Wildman–Crippen LogP) is 6.96. The number of nitrogens with one attached hydrogen (secondary N) is 1. The fraction of sp³-hybridized carbons (Fsp3) is 0.0400. The molecule has 4 aromatic rings. The lowest BCUT2D eigenvalue weighted by Gasteiger charge is -2.11. The summed E-state index contributed by atoms with van der Waals surface area (Å²) in [4.78, 5) is 12.5. The molecule has 0 aliphatic carbocycles. The Labute approximate surface area is 208 Å². The number of hydrogen-bond acceptors (Lipinski definition) is 4. The van der Waals surface area contributed by atoms with Crippen LogP contribution in [0.25, 0.3) is 10.8 Å². The average molecular weight is 544 g/mol. The van der Waals surface area contributed by atoms with Gasteiger partial charge in [-0.2, -0.15) is 5.10 Å². The summed E-state index contributed by atoms with van der Waals surface area (Å²) in [6, 6.07) is 21.4. The van der Waals surface area contributed by atoms with Gasteiger partial charge in [0, 0.05) is 5.02 Å². The number of benzene rings is 4. The van der Waals surface area contributed by atoms with Crippen molar-refractivity contribution in [3.63, 3.8) is 0 Å². The van der Waals surface area contributed by atoms with Crippen molar-refractivity contribution in [2.24, 2.45) is 5.10 Å². The number of amides is 1. The Bertz CT molecular complexity index is 1330. The van der Waals surface area contributed by atoms with Gasteiger partial charge in [-0.15, -0.1) is 0 Å². The largest absolute Gasteiger partial charge is 0.507 e. The highest BCUT2D eigenvalue weighted by Crippen LogP contribution is 2.35. The second-order valence-corrected chi connectivity index (χ2v) is 8.84. The van der Waals surface area contributed by atoms with Gasteiger partial charge in [0.05, 0.1) is 21.3 Å². The van der Waals surface area contributed by atoms with Gasteiger partial charge in [-0.1, -0.05) is 59.6 Å². The van der Waals surface area contributed by atoms with Crippen LogP contribution in [0.2, 0.25) is 10.0 Å². The molecule has 166 valence electrons. The minimum atomic E-state index is -0.525. The van der Waals surface area contributed by atoms with Crippen molar-refractivity contribution in [3.8, 4) is 11.5 Å². The zero-order valence-electron chi connectivity index (χ0n) is 17.1. The van der Waals surface area contributed by atoms with Crippen LogP contribution < -0.4 is 10.2 Å². The fourth-order valence-electron chi connectivity index (χ4n) is 3.16. The Morgan fingerprint density at radius 3 is 2.42 bits per heavy atom. The van der Waals surface area contributed by atoms with Crippen molar-refractivity contribution in [2.45, 2.75) is 6.61 Å². The lowest BCUT2D eigenvalue weighted by molar-refractivity contribution is 0.0952. The van der Waals surface area contributed by atoms with Crippen LogP contribution in [-0.4, -0.2) is 17.2 Å². The standard InChI is InChI=1S/C25H17BrCl2N2O3/c26-21-9-16(10-22(28)24(21)33-14-15-5-7-19(27)8-6-15)13-29-30-25(32)20-11-17-3-1-2-4-18(17)12-23(20)31/h1-13,31H,14H2,(H,30,32). The Kier molecular flexibility index (Phi) is 7.18. The summed E-state index contributed by atoms with van der Waals surface area (Å²) in [6.45, 7) is 0.328. The fourth-order valence-corrected chi connectivity index (χ4v) is 4.28. The van der Waals surface area contributed by atoms with E-state index in [2.05, 4.69) is 26.5 Å². The molecule has 4 aromatic carbocycles. The van der Waals surface area contributed by atoms with E-state index in [-0.39, 0.29) is 11.3 Å². The summed E-state index contributed by atoms with van der Waals surface area (Å²) in [5.74, 6) is -0.147. The maximum Gasteiger partial charge on any atom is 0.275 e. The van der Waals surface area contributed by atoms with Crippen LogP contribution in [0.1, 0.15) is 21.5 Å². The monoisotopic (exact) mass is 542 g/mol. The molecule has 0 aliphatic heterocycles. The van der Waals surface area contributed by atoms with Crippen LogP contribution in [0.5, 0.6) is 11.5 Å². The van der Waals surface area contributed by atoms with Crippen molar-refractivity contribution >= 4 is 62.0 Å². The molecule has 0 atom stereocenters. The molecule has 0 aliphatic rings. The minimum absolute atomic E-state index is 0.116. The molecule has 0 aromatic heterocycles. The summed E-state index contributed by atoms with van der Waals surface area (Å²) < 4.78 is 6.48. The SMILES string of the molecule is O=C(NN=Cc1cc(Cl)c(OCc2ccc(Cl)cc2)c(Br)c1)c1cc2ccccc2cc1O. The Morgan fingerprint density at radius 1 is 1.03 bits per heavy atom. The Morgan fingerprint density at radius 2 is 1.73 bits per heavy atom. The molecular formula is C25H17BrCl2N2O3. The lowest BCUT2D eigenvalue weighted by Crippen LogP contribution is -2.17. The van der Waals surface area contributed by atoms with E-state index < -0.39 is 5.91 Å². The first-order valence-electron chi connectivity index (χ1n) is 9.82. The Balaban J connectivity index is 1.43. The number of carbonyl (C=O) groups is 1. The number of carbonyl (C=O) groups excluding carboxylic acids is 1. The van der Waals surface area contributed by atoms with Crippen molar-refractivity contribution in [1.82, 2.24) is 5.43 Å². The maximum absolute atomic E-state index is 12.5. The summed E-state index contributed by atoms with van der Waals surface area (Å²) in [5, 5.41) is 16.9. The van der Waals surface area contributed by atoms with E-state index in [1.54, 1.807) is 36.4 Å². The second-order valence-electron chi connectivity index (χ2n) is 7.14. The highest BCUT2D eigenvalue weighted by atomic mass is 79.9. The number of phenolic OH excluding ortho intramolecular Hbond substituents is 1. The maximum atomic E-state index is 12.5. The smallest absolute Gasteiger partial charge is 0.275 e. The summed E-state index contributed by atoms with van der Waals surface area (Å²) in [5.41, 5.74) is 4.16. The molecule has 0 spiro atoms. The van der Waals surface area contributed by atoms with E-state index in [1.165, 1.54) is 6.21 Å². The van der Waals surface area contributed by atoms with Crippen molar-refractivity contribution in [1.29, 1.82) is 0 Å². The van der Waals surface area contributed by atoms with E-state index in [0.29, 0.717) is 32.4 Å². The van der Waals surface area contributed by atoms with Gasteiger partial charge in [0.2, 0.25) is 0 Å². The molecule has 0 saturated heterocycles. The van der Waals surface area contributed by atoms with Crippen LogP contribution in [0.15, 0.2) is 82.4 Å². The number of aromatic hydroxyl groups is 1. The highest BCUT2D eigenvalue weighted by molar-refractivity contribution is 9.10. The van der Waals surface area contributed by atoms with Crippen molar-refractivity contribution in [2.75, 3.05) is 0 Å². The number of phenols is 1. The molecule has 2 N–H and O–H groups in total. The number of nitrogens with zero attached hydrogens (tertiary/aromatic N) is 1. The van der Waals surface area contributed by atoms with Gasteiger partial charge < -0.3 is 9.84 Å².